The second kappa shape index (κ2) is 11.8. The minimum atomic E-state index is -0.340. The van der Waals surface area contributed by atoms with Crippen molar-refractivity contribution in [1.82, 2.24) is 5.43 Å². The van der Waals surface area contributed by atoms with Gasteiger partial charge in [0.15, 0.2) is 0 Å². The topological polar surface area (TPSA) is 64.5 Å². The van der Waals surface area contributed by atoms with Crippen molar-refractivity contribution in [3.63, 3.8) is 0 Å². The van der Waals surface area contributed by atoms with E-state index < -0.39 is 0 Å². The van der Waals surface area contributed by atoms with Gasteiger partial charge in [-0.3, -0.25) is 0 Å². The molecule has 3 aliphatic heterocycles. The van der Waals surface area contributed by atoms with Crippen molar-refractivity contribution in [3.8, 4) is 0 Å². The van der Waals surface area contributed by atoms with Crippen molar-refractivity contribution in [3.05, 3.63) is 106 Å². The van der Waals surface area contributed by atoms with Gasteiger partial charge in [0.2, 0.25) is 0 Å². The number of halogens is 1. The number of anilines is 3. The number of amidine groups is 1. The molecule has 8 heteroatoms. The molecule has 38 heavy (non-hydrogen) atoms. The van der Waals surface area contributed by atoms with Crippen molar-refractivity contribution in [2.24, 2.45) is 9.98 Å². The number of rotatable bonds is 6. The number of aliphatic imine (C=N–C) groups is 2. The zero-order valence-electron chi connectivity index (χ0n) is 21.1. The fourth-order valence-corrected chi connectivity index (χ4v) is 6.55. The molecule has 1 saturated heterocycles. The number of hydrogen-bond acceptors (Lipinski definition) is 7. The van der Waals surface area contributed by atoms with E-state index >= 15 is 0 Å². The average Bonchev–Trinajstić information content (AvgIpc) is 3.15. The van der Waals surface area contributed by atoms with Crippen molar-refractivity contribution < 1.29 is 25.9 Å². The van der Waals surface area contributed by atoms with Crippen LogP contribution in [0.1, 0.15) is 17.5 Å². The van der Waals surface area contributed by atoms with Crippen LogP contribution in [0.25, 0.3) is 3.58 Å². The van der Waals surface area contributed by atoms with E-state index in [1.807, 2.05) is 29.4 Å². The molecule has 0 bridgehead atoms. The van der Waals surface area contributed by atoms with Gasteiger partial charge in [0, 0.05) is 0 Å². The molecule has 0 saturated carbocycles. The molecule has 0 atom stereocenters. The summed E-state index contributed by atoms with van der Waals surface area (Å²) in [5.74, 6) is 1.79. The summed E-state index contributed by atoms with van der Waals surface area (Å²) in [6.07, 6.45) is 5.15. The molecule has 7 nitrogen and oxygen atoms in total. The molecule has 0 spiro atoms. The van der Waals surface area contributed by atoms with Crippen LogP contribution in [0, 0.1) is 0 Å². The fraction of sp³-hybridized carbons (Fsp3) is 0.200. The molecule has 3 aromatic carbocycles. The summed E-state index contributed by atoms with van der Waals surface area (Å²) in [5.41, 5.74) is 9.12. The molecule has 0 aromatic heterocycles. The zero-order chi connectivity index (χ0) is 25.6. The molecule has 0 radical (unpaired) electrons. The summed E-state index contributed by atoms with van der Waals surface area (Å²) in [5, 5.41) is 5.53. The normalized spacial score (nSPS) is 17.8. The average molecular weight is 618 g/mol. The van der Waals surface area contributed by atoms with E-state index in [9.17, 15) is 0 Å². The molecular formula is C30H30IN6O-. The predicted octanol–water partition coefficient (Wildman–Crippen LogP) is 2.07. The fourth-order valence-electron chi connectivity index (χ4n) is 4.54. The number of hydrazine groups is 1. The van der Waals surface area contributed by atoms with E-state index in [4.69, 9.17) is 4.74 Å². The van der Waals surface area contributed by atoms with E-state index in [2.05, 4.69) is 96.4 Å². The van der Waals surface area contributed by atoms with Crippen LogP contribution in [0.5, 0.6) is 0 Å². The van der Waals surface area contributed by atoms with E-state index in [1.165, 1.54) is 14.8 Å². The summed E-state index contributed by atoms with van der Waals surface area (Å²) < 4.78 is 9.26. The Morgan fingerprint density at radius 1 is 0.868 bits per heavy atom. The summed E-state index contributed by atoms with van der Waals surface area (Å²) in [6.45, 7) is 4.22. The maximum atomic E-state index is 5.63. The summed E-state index contributed by atoms with van der Waals surface area (Å²) in [4.78, 5) is 11.7. The Balaban J connectivity index is 1.07. The van der Waals surface area contributed by atoms with Crippen LogP contribution in [0.15, 0.2) is 105 Å². The zero-order valence-corrected chi connectivity index (χ0v) is 23.2. The molecular weight excluding hydrogens is 587 g/mol. The standard InChI is InChI=1S/C30H30IN6O/c1-2-6-23(7-3-1)30-33-22-37(35-30)26-12-10-25(11-13-26)34-29-21-31-28(14-15-32-29)24-8-4-9-27(20-24)36-16-5-18-38-19-17-36/h1-4,6-15,20-21,34H,5,16-19,22H2,(H,33,35)/q-1. The molecule has 194 valence electrons. The van der Waals surface area contributed by atoms with Crippen molar-refractivity contribution in [2.75, 3.05) is 48.2 Å². The van der Waals surface area contributed by atoms with Gasteiger partial charge < -0.3 is 0 Å². The van der Waals surface area contributed by atoms with Gasteiger partial charge in [-0.2, -0.15) is 0 Å². The van der Waals surface area contributed by atoms with E-state index in [0.29, 0.717) is 6.67 Å². The third-order valence-electron chi connectivity index (χ3n) is 6.53. The Labute approximate surface area is 233 Å². The van der Waals surface area contributed by atoms with Crippen molar-refractivity contribution in [2.45, 2.75) is 6.42 Å². The van der Waals surface area contributed by atoms with Gasteiger partial charge >= 0.3 is 216 Å². The first-order valence-electron chi connectivity index (χ1n) is 12.8. The number of nitrogens with one attached hydrogen (secondary N) is 2. The maximum absolute atomic E-state index is 5.63. The van der Waals surface area contributed by atoms with Crippen LogP contribution < -0.4 is 41.9 Å². The molecule has 3 aliphatic rings. The molecule has 3 aromatic rings. The van der Waals surface area contributed by atoms with E-state index in [1.54, 1.807) is 0 Å². The van der Waals surface area contributed by atoms with Gasteiger partial charge in [0.25, 0.3) is 0 Å². The third kappa shape index (κ3) is 5.92. The van der Waals surface area contributed by atoms with E-state index in [0.717, 1.165) is 61.3 Å². The van der Waals surface area contributed by atoms with Gasteiger partial charge in [0.1, 0.15) is 0 Å². The Morgan fingerprint density at radius 2 is 1.74 bits per heavy atom. The summed E-state index contributed by atoms with van der Waals surface area (Å²) >= 11 is -0.340. The first kappa shape index (κ1) is 24.7. The monoisotopic (exact) mass is 617 g/mol. The molecule has 3 heterocycles. The molecule has 6 rings (SSSR count). The molecule has 0 unspecified atom stereocenters. The second-order valence-corrected chi connectivity index (χ2v) is 11.5. The van der Waals surface area contributed by atoms with Gasteiger partial charge in [-0.25, -0.2) is 0 Å². The van der Waals surface area contributed by atoms with Crippen molar-refractivity contribution >= 4 is 32.7 Å². The first-order valence-corrected chi connectivity index (χ1v) is 15.2. The van der Waals surface area contributed by atoms with Gasteiger partial charge in [-0.15, -0.1) is 0 Å². The number of hydrogen-bond donors (Lipinski definition) is 2. The summed E-state index contributed by atoms with van der Waals surface area (Å²) in [6, 6.07) is 27.4. The second-order valence-electron chi connectivity index (χ2n) is 9.13. The Hall–Kier alpha value is -3.63. The van der Waals surface area contributed by atoms with Crippen molar-refractivity contribution in [1.29, 1.82) is 0 Å². The first-order chi connectivity index (χ1) is 18.8. The number of nitrogens with zero attached hydrogens (tertiary/aromatic N) is 4. The minimum absolute atomic E-state index is 0.340. The van der Waals surface area contributed by atoms with Crippen LogP contribution >= 0.6 is 0 Å². The predicted molar refractivity (Wildman–Crippen MR) is 152 cm³/mol. The molecule has 2 N–H and O–H groups in total. The Kier molecular flexibility index (Phi) is 7.69. The van der Waals surface area contributed by atoms with Crippen LogP contribution in [0.3, 0.4) is 0 Å². The Bertz CT molecular complexity index is 1380. The van der Waals surface area contributed by atoms with Crippen LogP contribution in [0.4, 0.5) is 17.1 Å². The van der Waals surface area contributed by atoms with E-state index in [-0.39, 0.29) is 21.2 Å². The number of ether oxygens (including phenoxy) is 1. The summed E-state index contributed by atoms with van der Waals surface area (Å²) in [7, 11) is 0. The van der Waals surface area contributed by atoms with Gasteiger partial charge in [-0.1, -0.05) is 18.2 Å². The van der Waals surface area contributed by atoms with Crippen LogP contribution in [-0.2, 0) is 4.74 Å². The molecule has 0 aliphatic carbocycles. The van der Waals surface area contributed by atoms with Crippen LogP contribution in [0.2, 0.25) is 0 Å². The van der Waals surface area contributed by atoms with Gasteiger partial charge in [-0.05, 0) is 0 Å². The quantitative estimate of drug-likeness (QED) is 0.415. The SMILES string of the molecule is C1=NC(Nc2ccc(N3CN=C(c4ccccc4)N3)cc2)=C[I-]C(c2cccc(N3CCCOCC3)c2)=C1. The van der Waals surface area contributed by atoms with Gasteiger partial charge in [0.05, 0.1) is 0 Å². The molecule has 1 fully saturated rings. The third-order valence-corrected chi connectivity index (χ3v) is 9.08. The number of allylic oxidation sites excluding steroid dienone is 1. The number of benzene rings is 3. The Morgan fingerprint density at radius 3 is 2.63 bits per heavy atom. The molecule has 0 amide bonds. The van der Waals surface area contributed by atoms with Crippen LogP contribution in [-0.4, -0.2) is 45.0 Å².